The smallest absolute Gasteiger partial charge is 0.322 e. The quantitative estimate of drug-likeness (QED) is 0.495. The third-order valence-electron chi connectivity index (χ3n) is 1.86. The summed E-state index contributed by atoms with van der Waals surface area (Å²) >= 11 is 0. The van der Waals surface area contributed by atoms with Gasteiger partial charge in [-0.15, -0.1) is 0 Å². The summed E-state index contributed by atoms with van der Waals surface area (Å²) in [5.74, 6) is -0.288. The van der Waals surface area contributed by atoms with Crippen LogP contribution in [0.5, 0.6) is 0 Å². The minimum Gasteiger partial charge on any atom is -0.468 e. The van der Waals surface area contributed by atoms with Gasteiger partial charge in [0.1, 0.15) is 6.04 Å². The van der Waals surface area contributed by atoms with Crippen LogP contribution in [-0.4, -0.2) is 36.9 Å². The first-order chi connectivity index (χ1) is 5.24. The molecule has 0 aromatic heterocycles. The summed E-state index contributed by atoms with van der Waals surface area (Å²) in [7, 11) is 1.35. The zero-order chi connectivity index (χ0) is 8.27. The fraction of sp³-hybridized carbons (Fsp3) is 0.857. The van der Waals surface area contributed by atoms with Crippen molar-refractivity contribution in [3.05, 3.63) is 0 Å². The lowest BCUT2D eigenvalue weighted by Gasteiger charge is -2.24. The second-order valence-electron chi connectivity index (χ2n) is 2.71. The SMILES string of the molecule is COC(=O)[C@H]1C[C@@H](O)CCN1. The highest BCUT2D eigenvalue weighted by molar-refractivity contribution is 5.75. The fourth-order valence-corrected chi connectivity index (χ4v) is 1.22. The fourth-order valence-electron chi connectivity index (χ4n) is 1.22. The summed E-state index contributed by atoms with van der Waals surface area (Å²) in [6.45, 7) is 0.681. The van der Waals surface area contributed by atoms with Gasteiger partial charge in [-0.05, 0) is 19.4 Å². The van der Waals surface area contributed by atoms with Gasteiger partial charge in [0.25, 0.3) is 0 Å². The van der Waals surface area contributed by atoms with E-state index in [1.807, 2.05) is 0 Å². The van der Waals surface area contributed by atoms with E-state index in [0.717, 1.165) is 0 Å². The Morgan fingerprint density at radius 3 is 3.00 bits per heavy atom. The highest BCUT2D eigenvalue weighted by Crippen LogP contribution is 2.08. The molecule has 1 heterocycles. The predicted octanol–water partition coefficient (Wildman–Crippen LogP) is -0.728. The first-order valence-corrected chi connectivity index (χ1v) is 3.73. The van der Waals surface area contributed by atoms with Gasteiger partial charge in [-0.25, -0.2) is 0 Å². The van der Waals surface area contributed by atoms with E-state index >= 15 is 0 Å². The molecule has 1 saturated heterocycles. The van der Waals surface area contributed by atoms with Crippen molar-refractivity contribution >= 4 is 5.97 Å². The van der Waals surface area contributed by atoms with Crippen molar-refractivity contribution in [3.8, 4) is 0 Å². The number of aliphatic hydroxyl groups is 1. The Morgan fingerprint density at radius 2 is 2.45 bits per heavy atom. The van der Waals surface area contributed by atoms with Crippen LogP contribution >= 0.6 is 0 Å². The van der Waals surface area contributed by atoms with Gasteiger partial charge < -0.3 is 15.2 Å². The van der Waals surface area contributed by atoms with Crippen molar-refractivity contribution in [1.82, 2.24) is 5.32 Å². The first kappa shape index (κ1) is 8.49. The average Bonchev–Trinajstić information content (AvgIpc) is 2.03. The van der Waals surface area contributed by atoms with Crippen LogP contribution in [0.2, 0.25) is 0 Å². The molecule has 2 atom stereocenters. The van der Waals surface area contributed by atoms with Crippen LogP contribution in [0.3, 0.4) is 0 Å². The van der Waals surface area contributed by atoms with Gasteiger partial charge in [-0.2, -0.15) is 0 Å². The van der Waals surface area contributed by atoms with Gasteiger partial charge in [0, 0.05) is 0 Å². The molecule has 1 rings (SSSR count). The number of esters is 1. The van der Waals surface area contributed by atoms with Gasteiger partial charge >= 0.3 is 5.97 Å². The topological polar surface area (TPSA) is 58.6 Å². The number of hydrogen-bond donors (Lipinski definition) is 2. The maximum absolute atomic E-state index is 10.9. The molecule has 4 heteroatoms. The maximum Gasteiger partial charge on any atom is 0.322 e. The number of ether oxygens (including phenoxy) is 1. The van der Waals surface area contributed by atoms with Crippen molar-refractivity contribution in [3.63, 3.8) is 0 Å². The lowest BCUT2D eigenvalue weighted by atomic mass is 10.0. The largest absolute Gasteiger partial charge is 0.468 e. The number of nitrogens with one attached hydrogen (secondary N) is 1. The van der Waals surface area contributed by atoms with Gasteiger partial charge in [-0.1, -0.05) is 0 Å². The van der Waals surface area contributed by atoms with Crippen LogP contribution in [0.15, 0.2) is 0 Å². The van der Waals surface area contributed by atoms with E-state index in [9.17, 15) is 9.90 Å². The van der Waals surface area contributed by atoms with E-state index in [4.69, 9.17) is 0 Å². The monoisotopic (exact) mass is 159 g/mol. The Labute approximate surface area is 65.5 Å². The van der Waals surface area contributed by atoms with Crippen LogP contribution in [-0.2, 0) is 9.53 Å². The molecule has 0 aromatic rings. The third-order valence-corrected chi connectivity index (χ3v) is 1.86. The number of methoxy groups -OCH3 is 1. The molecule has 0 unspecified atom stereocenters. The van der Waals surface area contributed by atoms with Crippen LogP contribution in [0.1, 0.15) is 12.8 Å². The third kappa shape index (κ3) is 2.17. The summed E-state index contributed by atoms with van der Waals surface area (Å²) in [6.07, 6.45) is 0.820. The molecule has 0 aromatic carbocycles. The number of aliphatic hydroxyl groups excluding tert-OH is 1. The van der Waals surface area contributed by atoms with Gasteiger partial charge in [0.15, 0.2) is 0 Å². The molecule has 2 N–H and O–H groups in total. The number of piperidine rings is 1. The van der Waals surface area contributed by atoms with E-state index in [-0.39, 0.29) is 18.1 Å². The molecule has 0 bridgehead atoms. The summed E-state index contributed by atoms with van der Waals surface area (Å²) < 4.78 is 4.53. The minimum absolute atomic E-state index is 0.288. The highest BCUT2D eigenvalue weighted by atomic mass is 16.5. The molecule has 1 aliphatic heterocycles. The molecule has 1 fully saturated rings. The predicted molar refractivity (Wildman–Crippen MR) is 39.0 cm³/mol. The van der Waals surface area contributed by atoms with Crippen LogP contribution < -0.4 is 5.32 Å². The van der Waals surface area contributed by atoms with Crippen molar-refractivity contribution in [2.75, 3.05) is 13.7 Å². The van der Waals surface area contributed by atoms with Crippen LogP contribution in [0, 0.1) is 0 Å². The number of carbonyl (C=O) groups is 1. The zero-order valence-electron chi connectivity index (χ0n) is 6.54. The Balaban J connectivity index is 2.39. The van der Waals surface area contributed by atoms with E-state index in [1.54, 1.807) is 0 Å². The Hall–Kier alpha value is -0.610. The molecule has 0 amide bonds. The number of carbonyl (C=O) groups excluding carboxylic acids is 1. The van der Waals surface area contributed by atoms with E-state index < -0.39 is 0 Å². The summed E-state index contributed by atoms with van der Waals surface area (Å²) in [5, 5.41) is 12.1. The molecule has 0 aliphatic carbocycles. The number of hydrogen-bond acceptors (Lipinski definition) is 4. The van der Waals surface area contributed by atoms with Crippen molar-refractivity contribution in [2.45, 2.75) is 25.0 Å². The van der Waals surface area contributed by atoms with E-state index in [1.165, 1.54) is 7.11 Å². The summed E-state index contributed by atoms with van der Waals surface area (Å²) in [5.41, 5.74) is 0. The van der Waals surface area contributed by atoms with Crippen LogP contribution in [0.4, 0.5) is 0 Å². The summed E-state index contributed by atoms with van der Waals surface area (Å²) in [4.78, 5) is 10.9. The molecular weight excluding hydrogens is 146 g/mol. The van der Waals surface area contributed by atoms with Gasteiger partial charge in [-0.3, -0.25) is 4.79 Å². The van der Waals surface area contributed by atoms with Crippen molar-refractivity contribution in [1.29, 1.82) is 0 Å². The molecule has 0 radical (unpaired) electrons. The van der Waals surface area contributed by atoms with Gasteiger partial charge in [0.05, 0.1) is 13.2 Å². The van der Waals surface area contributed by atoms with Crippen molar-refractivity contribution in [2.24, 2.45) is 0 Å². The maximum atomic E-state index is 10.9. The van der Waals surface area contributed by atoms with Crippen LogP contribution in [0.25, 0.3) is 0 Å². The van der Waals surface area contributed by atoms with E-state index in [2.05, 4.69) is 10.1 Å². The minimum atomic E-state index is -0.361. The van der Waals surface area contributed by atoms with Gasteiger partial charge in [0.2, 0.25) is 0 Å². The Morgan fingerprint density at radius 1 is 1.73 bits per heavy atom. The number of rotatable bonds is 1. The molecule has 0 spiro atoms. The average molecular weight is 159 g/mol. The molecule has 64 valence electrons. The Bertz CT molecular complexity index is 149. The lowest BCUT2D eigenvalue weighted by Crippen LogP contribution is -2.45. The van der Waals surface area contributed by atoms with Crippen molar-refractivity contribution < 1.29 is 14.6 Å². The standard InChI is InChI=1S/C7H13NO3/c1-11-7(10)6-4-5(9)2-3-8-6/h5-6,8-9H,2-4H2,1H3/t5-,6+/m0/s1. The molecular formula is C7H13NO3. The molecule has 1 aliphatic rings. The van der Waals surface area contributed by atoms with E-state index in [0.29, 0.717) is 19.4 Å². The first-order valence-electron chi connectivity index (χ1n) is 3.73. The second-order valence-corrected chi connectivity index (χ2v) is 2.71. The highest BCUT2D eigenvalue weighted by Gasteiger charge is 2.25. The molecule has 11 heavy (non-hydrogen) atoms. The Kier molecular flexibility index (Phi) is 2.84. The lowest BCUT2D eigenvalue weighted by molar-refractivity contribution is -0.144. The second kappa shape index (κ2) is 3.69. The summed E-state index contributed by atoms with van der Waals surface area (Å²) in [6, 6.07) is -0.316. The zero-order valence-corrected chi connectivity index (χ0v) is 6.54. The normalized spacial score (nSPS) is 31.5. The molecule has 0 saturated carbocycles. The molecule has 4 nitrogen and oxygen atoms in total.